The number of hydrogen-bond donors (Lipinski definition) is 2. The van der Waals surface area contributed by atoms with Crippen molar-refractivity contribution in [2.45, 2.75) is 6.04 Å². The molecule has 0 saturated heterocycles. The summed E-state index contributed by atoms with van der Waals surface area (Å²) in [5.41, 5.74) is 4.32. The van der Waals surface area contributed by atoms with E-state index in [2.05, 4.69) is 21.4 Å². The van der Waals surface area contributed by atoms with E-state index in [0.717, 1.165) is 16.5 Å². The Balaban J connectivity index is 2.06. The van der Waals surface area contributed by atoms with Gasteiger partial charge >= 0.3 is 0 Å². The first kappa shape index (κ1) is 13.3. The lowest BCUT2D eigenvalue weighted by Crippen LogP contribution is -2.28. The molecule has 0 aliphatic rings. The summed E-state index contributed by atoms with van der Waals surface area (Å²) in [5.74, 6) is 6.00. The molecule has 1 atom stereocenters. The number of para-hydroxylation sites is 1. The topological polar surface area (TPSA) is 51.2 Å². The number of hydrogen-bond acceptors (Lipinski definition) is 3. The predicted octanol–water partition coefficient (Wildman–Crippen LogP) is 3.89. The van der Waals surface area contributed by atoms with Crippen LogP contribution in [0.15, 0.2) is 57.4 Å². The van der Waals surface area contributed by atoms with Crippen LogP contribution in [0.1, 0.15) is 17.4 Å². The van der Waals surface area contributed by atoms with Crippen molar-refractivity contribution in [3.8, 4) is 0 Å². The monoisotopic (exact) mass is 334 g/mol. The van der Waals surface area contributed by atoms with E-state index in [-0.39, 0.29) is 11.9 Å². The first-order valence-corrected chi connectivity index (χ1v) is 6.88. The molecule has 3 rings (SSSR count). The average molecular weight is 335 g/mol. The van der Waals surface area contributed by atoms with Gasteiger partial charge in [0.1, 0.15) is 23.2 Å². The lowest BCUT2D eigenvalue weighted by Gasteiger charge is -2.14. The predicted molar refractivity (Wildman–Crippen MR) is 79.5 cm³/mol. The van der Waals surface area contributed by atoms with Gasteiger partial charge in [0, 0.05) is 5.39 Å². The molecule has 0 aliphatic heterocycles. The third kappa shape index (κ3) is 2.35. The van der Waals surface area contributed by atoms with Crippen LogP contribution in [0.3, 0.4) is 0 Å². The fourth-order valence-corrected chi connectivity index (χ4v) is 2.58. The molecule has 0 spiro atoms. The molecule has 20 heavy (non-hydrogen) atoms. The highest BCUT2D eigenvalue weighted by molar-refractivity contribution is 9.10. The zero-order valence-electron chi connectivity index (χ0n) is 10.4. The molecule has 102 valence electrons. The molecule has 3 aromatic rings. The van der Waals surface area contributed by atoms with Crippen LogP contribution in [0.2, 0.25) is 0 Å². The van der Waals surface area contributed by atoms with Crippen LogP contribution in [0, 0.1) is 5.82 Å². The summed E-state index contributed by atoms with van der Waals surface area (Å²) >= 11 is 3.18. The minimum Gasteiger partial charge on any atom is -0.459 e. The molecule has 0 fully saturated rings. The van der Waals surface area contributed by atoms with Crippen molar-refractivity contribution in [1.82, 2.24) is 5.43 Å². The highest BCUT2D eigenvalue weighted by Crippen LogP contribution is 2.29. The molecule has 0 bridgehead atoms. The quantitative estimate of drug-likeness (QED) is 0.564. The van der Waals surface area contributed by atoms with Gasteiger partial charge in [-0.2, -0.15) is 0 Å². The van der Waals surface area contributed by atoms with Crippen LogP contribution in [0.4, 0.5) is 4.39 Å². The normalized spacial score (nSPS) is 12.8. The molecule has 0 amide bonds. The Labute approximate surface area is 123 Å². The standard InChI is InChI=1S/C15H12BrFN2O/c16-11-7-10(5-6-12(11)17)15(19-18)14-8-9-3-1-2-4-13(9)20-14/h1-8,15,19H,18H2. The second-order valence-electron chi connectivity index (χ2n) is 4.46. The van der Waals surface area contributed by atoms with E-state index < -0.39 is 0 Å². The Morgan fingerprint density at radius 1 is 1.15 bits per heavy atom. The minimum atomic E-state index is -0.334. The van der Waals surface area contributed by atoms with Gasteiger partial charge in [0.05, 0.1) is 4.47 Å². The van der Waals surface area contributed by atoms with Gasteiger partial charge in [0.2, 0.25) is 0 Å². The Hall–Kier alpha value is -1.69. The van der Waals surface area contributed by atoms with E-state index in [1.165, 1.54) is 6.07 Å². The lowest BCUT2D eigenvalue weighted by molar-refractivity contribution is 0.476. The Morgan fingerprint density at radius 3 is 2.65 bits per heavy atom. The number of benzene rings is 2. The van der Waals surface area contributed by atoms with E-state index >= 15 is 0 Å². The van der Waals surface area contributed by atoms with Gasteiger partial charge in [0.15, 0.2) is 0 Å². The van der Waals surface area contributed by atoms with Gasteiger partial charge < -0.3 is 4.42 Å². The smallest absolute Gasteiger partial charge is 0.137 e. The van der Waals surface area contributed by atoms with E-state index in [1.54, 1.807) is 12.1 Å². The van der Waals surface area contributed by atoms with E-state index in [9.17, 15) is 4.39 Å². The second kappa shape index (κ2) is 5.36. The van der Waals surface area contributed by atoms with Gasteiger partial charge in [-0.25, -0.2) is 9.82 Å². The summed E-state index contributed by atoms with van der Waals surface area (Å²) in [7, 11) is 0. The molecule has 3 nitrogen and oxygen atoms in total. The fraction of sp³-hybridized carbons (Fsp3) is 0.0667. The van der Waals surface area contributed by atoms with Crippen LogP contribution in [0.5, 0.6) is 0 Å². The highest BCUT2D eigenvalue weighted by atomic mass is 79.9. The van der Waals surface area contributed by atoms with Crippen LogP contribution < -0.4 is 11.3 Å². The van der Waals surface area contributed by atoms with Gasteiger partial charge in [-0.1, -0.05) is 24.3 Å². The third-order valence-corrected chi connectivity index (χ3v) is 3.78. The Morgan fingerprint density at radius 2 is 1.95 bits per heavy atom. The third-order valence-electron chi connectivity index (χ3n) is 3.17. The molecule has 0 radical (unpaired) electrons. The van der Waals surface area contributed by atoms with Crippen molar-refractivity contribution in [1.29, 1.82) is 0 Å². The number of rotatable bonds is 3. The largest absolute Gasteiger partial charge is 0.459 e. The molecule has 2 aromatic carbocycles. The number of halogens is 2. The minimum absolute atomic E-state index is 0.311. The van der Waals surface area contributed by atoms with Crippen molar-refractivity contribution in [3.05, 3.63) is 70.1 Å². The molecule has 1 unspecified atom stereocenters. The zero-order chi connectivity index (χ0) is 14.1. The molecule has 1 heterocycles. The number of furan rings is 1. The maximum Gasteiger partial charge on any atom is 0.137 e. The molecule has 1 aromatic heterocycles. The molecule has 0 aliphatic carbocycles. The second-order valence-corrected chi connectivity index (χ2v) is 5.31. The summed E-state index contributed by atoms with van der Waals surface area (Å²) in [4.78, 5) is 0. The van der Waals surface area contributed by atoms with Gasteiger partial charge in [0.25, 0.3) is 0 Å². The van der Waals surface area contributed by atoms with E-state index in [0.29, 0.717) is 10.2 Å². The van der Waals surface area contributed by atoms with Crippen molar-refractivity contribution < 1.29 is 8.81 Å². The molecule has 0 saturated carbocycles. The lowest BCUT2D eigenvalue weighted by atomic mass is 10.0. The first-order valence-electron chi connectivity index (χ1n) is 6.08. The summed E-state index contributed by atoms with van der Waals surface area (Å²) in [6.07, 6.45) is 0. The number of nitrogens with two attached hydrogens (primary N) is 1. The number of nitrogens with one attached hydrogen (secondary N) is 1. The summed E-state index contributed by atoms with van der Waals surface area (Å²) in [6.45, 7) is 0. The Kier molecular flexibility index (Phi) is 3.56. The summed E-state index contributed by atoms with van der Waals surface area (Å²) < 4.78 is 19.5. The average Bonchev–Trinajstić information content (AvgIpc) is 2.87. The van der Waals surface area contributed by atoms with Gasteiger partial charge in [-0.15, -0.1) is 0 Å². The van der Waals surface area contributed by atoms with Gasteiger partial charge in [-0.3, -0.25) is 5.84 Å². The molecule has 3 N–H and O–H groups in total. The number of fused-ring (bicyclic) bond motifs is 1. The van der Waals surface area contributed by atoms with Crippen molar-refractivity contribution in [2.75, 3.05) is 0 Å². The van der Waals surface area contributed by atoms with Crippen LogP contribution in [-0.4, -0.2) is 0 Å². The van der Waals surface area contributed by atoms with Crippen molar-refractivity contribution in [2.24, 2.45) is 5.84 Å². The zero-order valence-corrected chi connectivity index (χ0v) is 12.0. The molecule has 5 heteroatoms. The molecular weight excluding hydrogens is 323 g/mol. The maximum atomic E-state index is 13.3. The number of hydrazine groups is 1. The highest BCUT2D eigenvalue weighted by Gasteiger charge is 2.18. The summed E-state index contributed by atoms with van der Waals surface area (Å²) in [5, 5.41) is 1.00. The van der Waals surface area contributed by atoms with E-state index in [1.807, 2.05) is 30.3 Å². The van der Waals surface area contributed by atoms with Gasteiger partial charge in [-0.05, 0) is 45.8 Å². The fourth-order valence-electron chi connectivity index (χ4n) is 2.18. The van der Waals surface area contributed by atoms with Crippen LogP contribution in [-0.2, 0) is 0 Å². The summed E-state index contributed by atoms with van der Waals surface area (Å²) in [6, 6.07) is 14.1. The maximum absolute atomic E-state index is 13.3. The van der Waals surface area contributed by atoms with Crippen LogP contribution >= 0.6 is 15.9 Å². The van der Waals surface area contributed by atoms with Crippen molar-refractivity contribution >= 4 is 26.9 Å². The van der Waals surface area contributed by atoms with Crippen LogP contribution in [0.25, 0.3) is 11.0 Å². The SMILES string of the molecule is NNC(c1ccc(F)c(Br)c1)c1cc2ccccc2o1. The van der Waals surface area contributed by atoms with E-state index in [4.69, 9.17) is 10.3 Å². The first-order chi connectivity index (χ1) is 9.69. The molecular formula is C15H12BrFN2O. The van der Waals surface area contributed by atoms with Crippen molar-refractivity contribution in [3.63, 3.8) is 0 Å². The Bertz CT molecular complexity index is 723.